The standard InChI is InChI=1S/C17H11ClN6O2/c18-11-4-3-5-12(8-11)22-16-15(24(25)26)17(20-9-19-16)23-10-21-13-6-1-2-7-14(13)23/h1-10H,(H,19,20,22). The first-order valence-corrected chi connectivity index (χ1v) is 7.96. The van der Waals surface area contributed by atoms with E-state index < -0.39 is 4.92 Å². The summed E-state index contributed by atoms with van der Waals surface area (Å²) in [6, 6.07) is 14.2. The molecule has 0 unspecified atom stereocenters. The molecule has 0 spiro atoms. The van der Waals surface area contributed by atoms with Gasteiger partial charge in [0.15, 0.2) is 0 Å². The zero-order valence-electron chi connectivity index (χ0n) is 13.2. The molecule has 26 heavy (non-hydrogen) atoms. The van der Waals surface area contributed by atoms with Gasteiger partial charge in [0.1, 0.15) is 12.7 Å². The van der Waals surface area contributed by atoms with Crippen LogP contribution in [0.2, 0.25) is 5.02 Å². The molecule has 2 aromatic heterocycles. The van der Waals surface area contributed by atoms with E-state index in [0.717, 1.165) is 0 Å². The van der Waals surface area contributed by atoms with E-state index in [-0.39, 0.29) is 17.3 Å². The molecule has 128 valence electrons. The van der Waals surface area contributed by atoms with Crippen molar-refractivity contribution in [2.75, 3.05) is 5.32 Å². The highest BCUT2D eigenvalue weighted by atomic mass is 35.5. The summed E-state index contributed by atoms with van der Waals surface area (Å²) in [5, 5.41) is 15.2. The lowest BCUT2D eigenvalue weighted by Crippen LogP contribution is -2.07. The zero-order chi connectivity index (χ0) is 18.1. The minimum absolute atomic E-state index is 0.0695. The van der Waals surface area contributed by atoms with Crippen LogP contribution in [0, 0.1) is 10.1 Å². The van der Waals surface area contributed by atoms with Gasteiger partial charge in [-0.2, -0.15) is 0 Å². The van der Waals surface area contributed by atoms with Crippen LogP contribution in [0.3, 0.4) is 0 Å². The Hall–Kier alpha value is -3.52. The van der Waals surface area contributed by atoms with Gasteiger partial charge in [0, 0.05) is 10.7 Å². The first-order valence-electron chi connectivity index (χ1n) is 7.58. The molecule has 0 amide bonds. The summed E-state index contributed by atoms with van der Waals surface area (Å²) in [7, 11) is 0. The molecular weight excluding hydrogens is 356 g/mol. The number of aromatic nitrogens is 4. The Morgan fingerprint density at radius 2 is 1.92 bits per heavy atom. The predicted octanol–water partition coefficient (Wildman–Crippen LogP) is 4.12. The Labute approximate surface area is 152 Å². The van der Waals surface area contributed by atoms with E-state index in [4.69, 9.17) is 11.6 Å². The van der Waals surface area contributed by atoms with Crippen molar-refractivity contribution in [1.29, 1.82) is 0 Å². The number of benzene rings is 2. The number of rotatable bonds is 4. The number of nitrogens with one attached hydrogen (secondary N) is 1. The normalized spacial score (nSPS) is 10.8. The SMILES string of the molecule is O=[N+]([O-])c1c(Nc2cccc(Cl)c2)ncnc1-n1cnc2ccccc21. The molecule has 0 fully saturated rings. The number of hydrogen-bond donors (Lipinski definition) is 1. The number of halogens is 1. The van der Waals surface area contributed by atoms with Crippen molar-refractivity contribution in [2.45, 2.75) is 0 Å². The number of nitrogens with zero attached hydrogens (tertiary/aromatic N) is 5. The molecule has 2 heterocycles. The van der Waals surface area contributed by atoms with Crippen LogP contribution in [0.5, 0.6) is 0 Å². The number of fused-ring (bicyclic) bond motifs is 1. The summed E-state index contributed by atoms with van der Waals surface area (Å²) < 4.78 is 1.57. The van der Waals surface area contributed by atoms with Crippen LogP contribution in [-0.4, -0.2) is 24.4 Å². The van der Waals surface area contributed by atoms with Crippen LogP contribution in [0.15, 0.2) is 61.2 Å². The van der Waals surface area contributed by atoms with Crippen molar-refractivity contribution in [3.05, 3.63) is 76.3 Å². The third-order valence-corrected chi connectivity index (χ3v) is 3.99. The van der Waals surface area contributed by atoms with Crippen LogP contribution in [0.25, 0.3) is 16.9 Å². The van der Waals surface area contributed by atoms with Crippen molar-refractivity contribution >= 4 is 39.8 Å². The van der Waals surface area contributed by atoms with Gasteiger partial charge in [-0.1, -0.05) is 29.8 Å². The summed E-state index contributed by atoms with van der Waals surface area (Å²) in [4.78, 5) is 23.7. The van der Waals surface area contributed by atoms with Gasteiger partial charge in [0.25, 0.3) is 0 Å². The third-order valence-electron chi connectivity index (χ3n) is 3.75. The van der Waals surface area contributed by atoms with Gasteiger partial charge >= 0.3 is 5.69 Å². The van der Waals surface area contributed by atoms with Gasteiger partial charge in [-0.05, 0) is 30.3 Å². The highest BCUT2D eigenvalue weighted by Crippen LogP contribution is 2.32. The number of nitro groups is 1. The van der Waals surface area contributed by atoms with Crippen molar-refractivity contribution in [3.63, 3.8) is 0 Å². The summed E-state index contributed by atoms with van der Waals surface area (Å²) in [6.07, 6.45) is 2.77. The van der Waals surface area contributed by atoms with Crippen LogP contribution in [0.1, 0.15) is 0 Å². The number of imidazole rings is 1. The molecule has 8 nitrogen and oxygen atoms in total. The maximum Gasteiger partial charge on any atom is 0.354 e. The van der Waals surface area contributed by atoms with Crippen molar-refractivity contribution < 1.29 is 4.92 Å². The van der Waals surface area contributed by atoms with E-state index in [1.807, 2.05) is 24.3 Å². The van der Waals surface area contributed by atoms with Gasteiger partial charge in [-0.25, -0.2) is 15.0 Å². The summed E-state index contributed by atoms with van der Waals surface area (Å²) >= 11 is 5.97. The molecule has 0 atom stereocenters. The predicted molar refractivity (Wildman–Crippen MR) is 98.0 cm³/mol. The largest absolute Gasteiger partial charge is 0.354 e. The lowest BCUT2D eigenvalue weighted by molar-refractivity contribution is -0.384. The van der Waals surface area contributed by atoms with E-state index in [2.05, 4.69) is 20.3 Å². The minimum Gasteiger partial charge on any atom is -0.334 e. The van der Waals surface area contributed by atoms with Gasteiger partial charge in [0.2, 0.25) is 11.6 Å². The van der Waals surface area contributed by atoms with Crippen LogP contribution in [-0.2, 0) is 0 Å². The Morgan fingerprint density at radius 1 is 1.08 bits per heavy atom. The molecule has 0 aliphatic heterocycles. The van der Waals surface area contributed by atoms with Crippen LogP contribution in [0.4, 0.5) is 17.2 Å². The fourth-order valence-corrected chi connectivity index (χ4v) is 2.83. The minimum atomic E-state index is -0.517. The van der Waals surface area contributed by atoms with E-state index in [1.165, 1.54) is 12.7 Å². The lowest BCUT2D eigenvalue weighted by Gasteiger charge is -2.09. The molecule has 0 saturated heterocycles. The first-order chi connectivity index (χ1) is 12.6. The maximum atomic E-state index is 11.8. The number of para-hydroxylation sites is 2. The third kappa shape index (κ3) is 2.82. The second-order valence-electron chi connectivity index (χ2n) is 5.39. The fraction of sp³-hybridized carbons (Fsp3) is 0. The average Bonchev–Trinajstić information content (AvgIpc) is 3.05. The lowest BCUT2D eigenvalue weighted by atomic mass is 10.3. The van der Waals surface area contributed by atoms with Crippen LogP contribution >= 0.6 is 11.6 Å². The summed E-state index contributed by atoms with van der Waals surface area (Å²) in [5.74, 6) is 0.197. The second kappa shape index (κ2) is 6.41. The van der Waals surface area contributed by atoms with Gasteiger partial charge in [-0.3, -0.25) is 14.7 Å². The van der Waals surface area contributed by atoms with E-state index >= 15 is 0 Å². The first kappa shape index (κ1) is 16.0. The van der Waals surface area contributed by atoms with Crippen molar-refractivity contribution in [1.82, 2.24) is 19.5 Å². The molecule has 4 rings (SSSR count). The highest BCUT2D eigenvalue weighted by Gasteiger charge is 2.25. The molecule has 2 aromatic carbocycles. The number of hydrogen-bond acceptors (Lipinski definition) is 6. The highest BCUT2D eigenvalue weighted by molar-refractivity contribution is 6.30. The Balaban J connectivity index is 1.87. The Morgan fingerprint density at radius 3 is 2.73 bits per heavy atom. The quantitative estimate of drug-likeness (QED) is 0.431. The van der Waals surface area contributed by atoms with E-state index in [9.17, 15) is 10.1 Å². The molecule has 0 aliphatic rings. The molecule has 0 aliphatic carbocycles. The molecule has 1 N–H and O–H groups in total. The molecule has 0 saturated carbocycles. The second-order valence-corrected chi connectivity index (χ2v) is 5.83. The average molecular weight is 367 g/mol. The fourth-order valence-electron chi connectivity index (χ4n) is 2.64. The van der Waals surface area contributed by atoms with E-state index in [1.54, 1.807) is 28.8 Å². The summed E-state index contributed by atoms with van der Waals surface area (Å²) in [6.45, 7) is 0. The smallest absolute Gasteiger partial charge is 0.334 e. The Kier molecular flexibility index (Phi) is 3.94. The molecule has 4 aromatic rings. The molecule has 0 radical (unpaired) electrons. The Bertz CT molecular complexity index is 1130. The monoisotopic (exact) mass is 366 g/mol. The summed E-state index contributed by atoms with van der Waals surface area (Å²) in [5.41, 5.74) is 1.75. The topological polar surface area (TPSA) is 98.8 Å². The van der Waals surface area contributed by atoms with Gasteiger partial charge < -0.3 is 5.32 Å². The zero-order valence-corrected chi connectivity index (χ0v) is 14.0. The molecular formula is C17H11ClN6O2. The van der Waals surface area contributed by atoms with Crippen LogP contribution < -0.4 is 5.32 Å². The molecule has 9 heteroatoms. The van der Waals surface area contributed by atoms with E-state index in [0.29, 0.717) is 21.7 Å². The van der Waals surface area contributed by atoms with Crippen molar-refractivity contribution in [3.8, 4) is 5.82 Å². The van der Waals surface area contributed by atoms with Gasteiger partial charge in [-0.15, -0.1) is 0 Å². The van der Waals surface area contributed by atoms with Gasteiger partial charge in [0.05, 0.1) is 16.0 Å². The van der Waals surface area contributed by atoms with Crippen molar-refractivity contribution in [2.24, 2.45) is 0 Å². The maximum absolute atomic E-state index is 11.8. The number of anilines is 2. The molecule has 0 bridgehead atoms.